The molecule has 2 nitrogen and oxygen atoms in total. The highest BCUT2D eigenvalue weighted by Crippen LogP contribution is 2.37. The van der Waals surface area contributed by atoms with Gasteiger partial charge in [0.05, 0.1) is 11.0 Å². The summed E-state index contributed by atoms with van der Waals surface area (Å²) in [6.07, 6.45) is 23.2. The fraction of sp³-hybridized carbons (Fsp3) is 0.0714. The Labute approximate surface area is 343 Å². The van der Waals surface area contributed by atoms with Gasteiger partial charge in [-0.1, -0.05) is 159 Å². The fourth-order valence-corrected chi connectivity index (χ4v) is 7.86. The molecule has 0 saturated carbocycles. The number of allylic oxidation sites excluding steroid dienone is 14. The molecule has 0 spiro atoms. The Balaban J connectivity index is 1.14. The van der Waals surface area contributed by atoms with E-state index < -0.39 is 0 Å². The lowest BCUT2D eigenvalue weighted by Gasteiger charge is -2.26. The summed E-state index contributed by atoms with van der Waals surface area (Å²) >= 11 is 0. The van der Waals surface area contributed by atoms with Crippen LogP contribution in [0.3, 0.4) is 0 Å². The third kappa shape index (κ3) is 7.91. The molecule has 7 aromatic rings. The monoisotopic (exact) mass is 748 g/mol. The van der Waals surface area contributed by atoms with Crippen molar-refractivity contribution in [2.24, 2.45) is 0 Å². The minimum Gasteiger partial charge on any atom is -0.315 e. The number of anilines is 2. The lowest BCUT2D eigenvalue weighted by Crippen LogP contribution is -2.14. The van der Waals surface area contributed by atoms with Crippen LogP contribution in [-0.4, -0.2) is 4.57 Å². The largest absolute Gasteiger partial charge is 0.315 e. The predicted molar refractivity (Wildman–Crippen MR) is 253 cm³/mol. The van der Waals surface area contributed by atoms with Gasteiger partial charge in [0, 0.05) is 33.5 Å². The molecule has 0 atom stereocenters. The van der Waals surface area contributed by atoms with Gasteiger partial charge in [0.25, 0.3) is 0 Å². The first-order valence-corrected chi connectivity index (χ1v) is 20.1. The van der Waals surface area contributed by atoms with Gasteiger partial charge in [-0.3, -0.25) is 0 Å². The number of fused-ring (bicyclic) bond motifs is 3. The molecule has 2 heteroatoms. The molecule has 0 bridgehead atoms. The standard InChI is InChI=1S/C56H48N2/c1-5-7-10-17-41(3)44-26-28-46(29-27-44)43(6-2)25-24-42(4)57(51-35-30-47(31-36-51)45-18-11-8-12-19-45)52-37-32-48(33-38-52)49-34-39-56-54(40-49)53-22-15-16-23-55(53)58(56)50-20-13-9-14-21-50/h5-7,9-11,13-40H,1-2,8,12H2,3-4H3/b10-7-,41-17+,42-24+,43-25+. The molecule has 8 rings (SSSR count). The van der Waals surface area contributed by atoms with E-state index in [0.717, 1.165) is 46.7 Å². The summed E-state index contributed by atoms with van der Waals surface area (Å²) in [7, 11) is 0. The van der Waals surface area contributed by atoms with E-state index in [1.54, 1.807) is 6.08 Å². The Morgan fingerprint density at radius 3 is 1.93 bits per heavy atom. The second-order valence-corrected chi connectivity index (χ2v) is 14.7. The van der Waals surface area contributed by atoms with Crippen molar-refractivity contribution >= 4 is 49.9 Å². The van der Waals surface area contributed by atoms with Crippen molar-refractivity contribution in [3.05, 3.63) is 242 Å². The highest BCUT2D eigenvalue weighted by Gasteiger charge is 2.15. The van der Waals surface area contributed by atoms with Crippen molar-refractivity contribution in [1.82, 2.24) is 4.57 Å². The van der Waals surface area contributed by atoms with Gasteiger partial charge in [0.15, 0.2) is 0 Å². The van der Waals surface area contributed by atoms with Crippen molar-refractivity contribution in [3.63, 3.8) is 0 Å². The fourth-order valence-electron chi connectivity index (χ4n) is 7.86. The molecule has 0 radical (unpaired) electrons. The molecule has 0 aliphatic heterocycles. The van der Waals surface area contributed by atoms with Crippen molar-refractivity contribution < 1.29 is 0 Å². The second kappa shape index (κ2) is 17.3. The normalized spacial score (nSPS) is 13.6. The van der Waals surface area contributed by atoms with Crippen molar-refractivity contribution in [3.8, 4) is 16.8 Å². The lowest BCUT2D eigenvalue weighted by atomic mass is 9.99. The van der Waals surface area contributed by atoms with Crippen LogP contribution in [0.25, 0.3) is 55.3 Å². The van der Waals surface area contributed by atoms with E-state index in [1.165, 1.54) is 55.2 Å². The van der Waals surface area contributed by atoms with Gasteiger partial charge in [-0.2, -0.15) is 0 Å². The number of hydrogen-bond acceptors (Lipinski definition) is 1. The Kier molecular flexibility index (Phi) is 11.3. The van der Waals surface area contributed by atoms with E-state index in [-0.39, 0.29) is 0 Å². The lowest BCUT2D eigenvalue weighted by molar-refractivity contribution is 1.04. The number of benzene rings is 6. The Morgan fingerprint density at radius 2 is 1.24 bits per heavy atom. The van der Waals surface area contributed by atoms with Gasteiger partial charge in [-0.25, -0.2) is 0 Å². The topological polar surface area (TPSA) is 8.17 Å². The van der Waals surface area contributed by atoms with Crippen LogP contribution >= 0.6 is 0 Å². The molecule has 1 aromatic heterocycles. The third-order valence-corrected chi connectivity index (χ3v) is 10.9. The number of aromatic nitrogens is 1. The van der Waals surface area contributed by atoms with Gasteiger partial charge in [0.2, 0.25) is 0 Å². The van der Waals surface area contributed by atoms with Gasteiger partial charge in [-0.05, 0) is 132 Å². The molecular weight excluding hydrogens is 701 g/mol. The maximum atomic E-state index is 4.18. The quantitative estimate of drug-likeness (QED) is 0.113. The first kappa shape index (κ1) is 37.7. The van der Waals surface area contributed by atoms with Gasteiger partial charge >= 0.3 is 0 Å². The van der Waals surface area contributed by atoms with Crippen LogP contribution < -0.4 is 4.90 Å². The number of para-hydroxylation sites is 2. The van der Waals surface area contributed by atoms with Crippen LogP contribution in [0.4, 0.5) is 11.4 Å². The summed E-state index contributed by atoms with van der Waals surface area (Å²) < 4.78 is 2.36. The first-order chi connectivity index (χ1) is 28.5. The van der Waals surface area contributed by atoms with Crippen LogP contribution in [0.5, 0.6) is 0 Å². The van der Waals surface area contributed by atoms with Crippen LogP contribution in [0.15, 0.2) is 225 Å². The zero-order valence-electron chi connectivity index (χ0n) is 33.4. The molecule has 0 amide bonds. The maximum absolute atomic E-state index is 4.18. The summed E-state index contributed by atoms with van der Waals surface area (Å²) in [6, 6.07) is 52.8. The van der Waals surface area contributed by atoms with Gasteiger partial charge in [-0.15, -0.1) is 0 Å². The van der Waals surface area contributed by atoms with E-state index in [4.69, 9.17) is 0 Å². The smallest absolute Gasteiger partial charge is 0.0541 e. The minimum atomic E-state index is 1.06. The van der Waals surface area contributed by atoms with Crippen molar-refractivity contribution in [1.29, 1.82) is 0 Å². The Hall–Kier alpha value is -7.16. The second-order valence-electron chi connectivity index (χ2n) is 14.7. The van der Waals surface area contributed by atoms with E-state index in [0.29, 0.717) is 0 Å². The molecule has 0 saturated heterocycles. The number of rotatable bonds is 12. The minimum absolute atomic E-state index is 1.06. The van der Waals surface area contributed by atoms with Gasteiger partial charge < -0.3 is 9.47 Å². The highest BCUT2D eigenvalue weighted by atomic mass is 15.1. The summed E-state index contributed by atoms with van der Waals surface area (Å²) in [4.78, 5) is 2.33. The van der Waals surface area contributed by atoms with E-state index in [9.17, 15) is 0 Å². The summed E-state index contributed by atoms with van der Waals surface area (Å²) in [6.45, 7) is 12.2. The number of hydrogen-bond donors (Lipinski definition) is 0. The van der Waals surface area contributed by atoms with Crippen molar-refractivity contribution in [2.75, 3.05) is 4.90 Å². The van der Waals surface area contributed by atoms with E-state index >= 15 is 0 Å². The molecule has 1 heterocycles. The number of nitrogens with zero attached hydrogens (tertiary/aromatic N) is 2. The molecule has 6 aromatic carbocycles. The van der Waals surface area contributed by atoms with Gasteiger partial charge in [0.1, 0.15) is 0 Å². The SMILES string of the molecule is C=C/C=C\C=C(/C)c1ccc(/C(C=C)=C/C=C(\C)N(c2ccc(C3=CCCC=C3)cc2)c2ccc(-c3ccc4c(c3)c3ccccc3n4-c3ccccc3)cc2)cc1. The zero-order chi connectivity index (χ0) is 39.8. The summed E-state index contributed by atoms with van der Waals surface area (Å²) in [5, 5.41) is 2.50. The summed E-state index contributed by atoms with van der Waals surface area (Å²) in [5.41, 5.74) is 16.3. The molecule has 1 aliphatic carbocycles. The average molecular weight is 749 g/mol. The van der Waals surface area contributed by atoms with Crippen LogP contribution in [0.2, 0.25) is 0 Å². The first-order valence-electron chi connectivity index (χ1n) is 20.1. The van der Waals surface area contributed by atoms with Crippen LogP contribution in [-0.2, 0) is 0 Å². The van der Waals surface area contributed by atoms with Crippen LogP contribution in [0, 0.1) is 0 Å². The highest BCUT2D eigenvalue weighted by molar-refractivity contribution is 6.10. The predicted octanol–water partition coefficient (Wildman–Crippen LogP) is 15.6. The molecule has 282 valence electrons. The molecular formula is C56H48N2. The molecule has 58 heavy (non-hydrogen) atoms. The molecule has 0 unspecified atom stereocenters. The third-order valence-electron chi connectivity index (χ3n) is 10.9. The van der Waals surface area contributed by atoms with Crippen molar-refractivity contribution in [2.45, 2.75) is 26.7 Å². The molecule has 0 fully saturated rings. The molecule has 1 aliphatic rings. The zero-order valence-corrected chi connectivity index (χ0v) is 33.4. The Bertz CT molecular complexity index is 2780. The van der Waals surface area contributed by atoms with Crippen LogP contribution in [0.1, 0.15) is 43.4 Å². The Morgan fingerprint density at radius 1 is 0.586 bits per heavy atom. The van der Waals surface area contributed by atoms with E-state index in [2.05, 4.69) is 219 Å². The molecule has 0 N–H and O–H groups in total. The maximum Gasteiger partial charge on any atom is 0.0541 e. The van der Waals surface area contributed by atoms with E-state index in [1.807, 2.05) is 18.2 Å². The average Bonchev–Trinajstić information content (AvgIpc) is 3.62. The summed E-state index contributed by atoms with van der Waals surface area (Å²) in [5.74, 6) is 0.